The number of rotatable bonds is 9. The zero-order chi connectivity index (χ0) is 25.3. The Morgan fingerprint density at radius 2 is 2.09 bits per heavy atom. The van der Waals surface area contributed by atoms with Crippen LogP contribution >= 0.6 is 0 Å². The average Bonchev–Trinajstić information content (AvgIpc) is 3.54. The van der Waals surface area contributed by atoms with Crippen molar-refractivity contribution in [2.24, 2.45) is 17.8 Å². The molecule has 35 heavy (non-hydrogen) atoms. The second kappa shape index (κ2) is 10.3. The van der Waals surface area contributed by atoms with Crippen molar-refractivity contribution in [1.29, 1.82) is 0 Å². The van der Waals surface area contributed by atoms with Gasteiger partial charge in [-0.15, -0.1) is 0 Å². The molecular formula is C25H32F3N3O4. The van der Waals surface area contributed by atoms with Crippen LogP contribution in [0.1, 0.15) is 44.6 Å². The highest BCUT2D eigenvalue weighted by atomic mass is 19.1. The van der Waals surface area contributed by atoms with Crippen LogP contribution in [0.3, 0.4) is 0 Å². The number of benzene rings is 1. The number of carbonyl (C=O) groups is 3. The van der Waals surface area contributed by atoms with Crippen LogP contribution in [0.15, 0.2) is 24.3 Å². The second-order valence-corrected chi connectivity index (χ2v) is 10.1. The van der Waals surface area contributed by atoms with Gasteiger partial charge in [0, 0.05) is 37.2 Å². The summed E-state index contributed by atoms with van der Waals surface area (Å²) in [5.41, 5.74) is -2.59. The highest BCUT2D eigenvalue weighted by Gasteiger charge is 2.51. The van der Waals surface area contributed by atoms with Gasteiger partial charge in [0.05, 0.1) is 6.04 Å². The normalized spacial score (nSPS) is 28.6. The van der Waals surface area contributed by atoms with E-state index in [0.29, 0.717) is 19.5 Å². The molecule has 0 bridgehead atoms. The molecule has 192 valence electrons. The van der Waals surface area contributed by atoms with Crippen LogP contribution in [0.4, 0.5) is 13.2 Å². The summed E-state index contributed by atoms with van der Waals surface area (Å²) in [5.74, 6) is -2.98. The van der Waals surface area contributed by atoms with Gasteiger partial charge in [-0.1, -0.05) is 18.6 Å². The van der Waals surface area contributed by atoms with Crippen LogP contribution < -0.4 is 5.32 Å². The Balaban J connectivity index is 1.56. The molecule has 0 aromatic heterocycles. The number of amides is 2. The largest absolute Gasteiger partial charge is 0.356 e. The Kier molecular flexibility index (Phi) is 7.51. The first-order chi connectivity index (χ1) is 16.6. The Morgan fingerprint density at radius 1 is 1.31 bits per heavy atom. The van der Waals surface area contributed by atoms with Gasteiger partial charge in [0.15, 0.2) is 5.78 Å². The number of ketones is 1. The topological polar surface area (TPSA) is 89.9 Å². The average molecular weight is 496 g/mol. The highest BCUT2D eigenvalue weighted by Crippen LogP contribution is 2.44. The lowest BCUT2D eigenvalue weighted by molar-refractivity contribution is -0.166. The maximum Gasteiger partial charge on any atom is 0.264 e. The van der Waals surface area contributed by atoms with E-state index in [0.717, 1.165) is 37.3 Å². The molecular weight excluding hydrogens is 463 g/mol. The molecule has 6 atom stereocenters. The van der Waals surface area contributed by atoms with Crippen LogP contribution in [0.5, 0.6) is 0 Å². The summed E-state index contributed by atoms with van der Waals surface area (Å²) in [6, 6.07) is 3.01. The molecule has 4 rings (SSSR count). The molecule has 10 heteroatoms. The number of alkyl halides is 2. The van der Waals surface area contributed by atoms with Crippen molar-refractivity contribution in [3.8, 4) is 0 Å². The fourth-order valence-corrected chi connectivity index (χ4v) is 6.03. The standard InChI is InChI=1S/C25H32F3N3O4/c1-25(28,17-5-3-6-18(27)11-17)24(34)30-13-16-4-2-7-19(16)21(30)14-31(35)20(22(32)12-26)10-15-8-9-29-23(15)33/h3,5-6,11,15-16,19-21,35H,2,4,7-10,12-14H2,1H3,(H,29,33)/t15?,16?,19?,20?,21-,25?/m1/s1. The van der Waals surface area contributed by atoms with E-state index >= 15 is 4.39 Å². The third kappa shape index (κ3) is 5.09. The molecule has 7 nitrogen and oxygen atoms in total. The number of fused-ring (bicyclic) bond motifs is 1. The summed E-state index contributed by atoms with van der Waals surface area (Å²) in [6.07, 6.45) is 3.02. The monoisotopic (exact) mass is 495 g/mol. The minimum atomic E-state index is -2.49. The van der Waals surface area contributed by atoms with Crippen molar-refractivity contribution < 1.29 is 32.8 Å². The molecule has 2 heterocycles. The van der Waals surface area contributed by atoms with E-state index in [2.05, 4.69) is 5.32 Å². The summed E-state index contributed by atoms with van der Waals surface area (Å²) < 4.78 is 42.9. The second-order valence-electron chi connectivity index (χ2n) is 10.1. The van der Waals surface area contributed by atoms with Gasteiger partial charge in [-0.3, -0.25) is 14.4 Å². The van der Waals surface area contributed by atoms with Crippen LogP contribution in [-0.4, -0.2) is 71.2 Å². The molecule has 2 aliphatic heterocycles. The predicted octanol–water partition coefficient (Wildman–Crippen LogP) is 2.76. The zero-order valence-electron chi connectivity index (χ0n) is 19.8. The molecule has 1 saturated carbocycles. The van der Waals surface area contributed by atoms with Crippen molar-refractivity contribution in [2.75, 3.05) is 26.3 Å². The minimum absolute atomic E-state index is 0.00665. The molecule has 5 unspecified atom stereocenters. The molecule has 1 aliphatic carbocycles. The molecule has 2 amide bonds. The van der Waals surface area contributed by atoms with Crippen molar-refractivity contribution in [2.45, 2.75) is 56.8 Å². The summed E-state index contributed by atoms with van der Waals surface area (Å²) in [5, 5.41) is 14.3. The quantitative estimate of drug-likeness (QED) is 0.515. The number of likely N-dealkylation sites (tertiary alicyclic amines) is 1. The van der Waals surface area contributed by atoms with E-state index in [1.54, 1.807) is 0 Å². The Labute approximate surface area is 202 Å². The van der Waals surface area contributed by atoms with Gasteiger partial charge in [0.25, 0.3) is 5.91 Å². The van der Waals surface area contributed by atoms with Crippen LogP contribution in [0, 0.1) is 23.6 Å². The fourth-order valence-electron chi connectivity index (χ4n) is 6.03. The van der Waals surface area contributed by atoms with Crippen LogP contribution in [0.25, 0.3) is 0 Å². The first-order valence-corrected chi connectivity index (χ1v) is 12.2. The van der Waals surface area contributed by atoms with Crippen LogP contribution in [-0.2, 0) is 20.1 Å². The predicted molar refractivity (Wildman–Crippen MR) is 120 cm³/mol. The minimum Gasteiger partial charge on any atom is -0.356 e. The van der Waals surface area contributed by atoms with Crippen molar-refractivity contribution in [3.05, 3.63) is 35.6 Å². The molecule has 1 aromatic rings. The van der Waals surface area contributed by atoms with Crippen molar-refractivity contribution in [3.63, 3.8) is 0 Å². The number of Topliss-reactive ketones (excluding diaryl/α,β-unsaturated/α-hetero) is 1. The van der Waals surface area contributed by atoms with Crippen molar-refractivity contribution >= 4 is 17.6 Å². The molecule has 3 fully saturated rings. The maximum absolute atomic E-state index is 15.8. The molecule has 0 spiro atoms. The lowest BCUT2D eigenvalue weighted by Gasteiger charge is -2.36. The third-order valence-corrected chi connectivity index (χ3v) is 7.98. The molecule has 2 saturated heterocycles. The number of halogens is 3. The van der Waals surface area contributed by atoms with Crippen LogP contribution in [0.2, 0.25) is 0 Å². The van der Waals surface area contributed by atoms with E-state index in [9.17, 15) is 28.4 Å². The number of carbonyl (C=O) groups excluding carboxylic acids is 3. The summed E-state index contributed by atoms with van der Waals surface area (Å²) in [6.45, 7) is 0.382. The van der Waals surface area contributed by atoms with E-state index in [-0.39, 0.29) is 36.3 Å². The first kappa shape index (κ1) is 25.6. The van der Waals surface area contributed by atoms with E-state index in [4.69, 9.17) is 0 Å². The van der Waals surface area contributed by atoms with Gasteiger partial charge in [0.2, 0.25) is 11.6 Å². The van der Waals surface area contributed by atoms with Gasteiger partial charge in [-0.25, -0.2) is 13.2 Å². The highest BCUT2D eigenvalue weighted by molar-refractivity contribution is 5.87. The Morgan fingerprint density at radius 3 is 2.74 bits per heavy atom. The molecule has 2 N–H and O–H groups in total. The van der Waals surface area contributed by atoms with E-state index in [1.807, 2.05) is 0 Å². The van der Waals surface area contributed by atoms with Gasteiger partial charge in [-0.2, -0.15) is 5.06 Å². The number of hydroxylamine groups is 2. The molecule has 3 aliphatic rings. The fraction of sp³-hybridized carbons (Fsp3) is 0.640. The summed E-state index contributed by atoms with van der Waals surface area (Å²) in [4.78, 5) is 39.2. The number of hydrogen-bond acceptors (Lipinski definition) is 5. The van der Waals surface area contributed by atoms with Gasteiger partial charge < -0.3 is 15.4 Å². The van der Waals surface area contributed by atoms with Crippen molar-refractivity contribution in [1.82, 2.24) is 15.3 Å². The Bertz CT molecular complexity index is 975. The Hall–Kier alpha value is -2.46. The van der Waals surface area contributed by atoms with E-state index < -0.39 is 47.9 Å². The van der Waals surface area contributed by atoms with Gasteiger partial charge >= 0.3 is 0 Å². The zero-order valence-corrected chi connectivity index (χ0v) is 19.8. The third-order valence-electron chi connectivity index (χ3n) is 7.98. The summed E-state index contributed by atoms with van der Waals surface area (Å²) in [7, 11) is 0. The lowest BCUT2D eigenvalue weighted by Crippen LogP contribution is -2.53. The number of hydrogen-bond donors (Lipinski definition) is 2. The summed E-state index contributed by atoms with van der Waals surface area (Å²) >= 11 is 0. The number of nitrogens with zero attached hydrogens (tertiary/aromatic N) is 2. The van der Waals surface area contributed by atoms with Gasteiger partial charge in [-0.05, 0) is 56.6 Å². The SMILES string of the molecule is CC(F)(C(=O)N1CC2CCCC2[C@H]1CN(O)C(CC1CCNC1=O)C(=O)CF)c1cccc(F)c1. The molecule has 1 aromatic carbocycles. The van der Waals surface area contributed by atoms with E-state index in [1.165, 1.54) is 23.1 Å². The smallest absolute Gasteiger partial charge is 0.264 e. The lowest BCUT2D eigenvalue weighted by atomic mass is 9.91. The number of nitrogens with one attached hydrogen (secondary N) is 1. The van der Waals surface area contributed by atoms with Gasteiger partial charge in [0.1, 0.15) is 12.5 Å². The molecule has 0 radical (unpaired) electrons. The first-order valence-electron chi connectivity index (χ1n) is 12.2. The maximum atomic E-state index is 15.8.